The van der Waals surface area contributed by atoms with Gasteiger partial charge in [0.1, 0.15) is 18.0 Å². The molecule has 2 aliphatic rings. The van der Waals surface area contributed by atoms with Gasteiger partial charge in [0.25, 0.3) is 5.91 Å². The van der Waals surface area contributed by atoms with Gasteiger partial charge in [0.05, 0.1) is 19.7 Å². The molecule has 0 unspecified atom stereocenters. The van der Waals surface area contributed by atoms with Crippen molar-refractivity contribution in [3.05, 3.63) is 29.8 Å². The molecular formula is C16H21NO4. The molecule has 2 aliphatic heterocycles. The molecule has 0 radical (unpaired) electrons. The van der Waals surface area contributed by atoms with Crippen molar-refractivity contribution in [1.29, 1.82) is 0 Å². The van der Waals surface area contributed by atoms with E-state index in [-0.39, 0.29) is 24.2 Å². The molecule has 2 saturated heterocycles. The van der Waals surface area contributed by atoms with Crippen LogP contribution in [-0.2, 0) is 9.47 Å². The van der Waals surface area contributed by atoms with Gasteiger partial charge in [-0.25, -0.2) is 0 Å². The third kappa shape index (κ3) is 2.63. The third-order valence-corrected chi connectivity index (χ3v) is 4.36. The van der Waals surface area contributed by atoms with Crippen LogP contribution >= 0.6 is 0 Å². The van der Waals surface area contributed by atoms with Crippen molar-refractivity contribution in [3.63, 3.8) is 0 Å². The maximum atomic E-state index is 12.8. The number of carbonyl (C=O) groups excluding carboxylic acids is 1. The van der Waals surface area contributed by atoms with Crippen LogP contribution in [0, 0.1) is 0 Å². The van der Waals surface area contributed by atoms with Crippen LogP contribution in [0.25, 0.3) is 0 Å². The lowest BCUT2D eigenvalue weighted by molar-refractivity contribution is -0.0639. The number of hydrogen-bond donors (Lipinski definition) is 0. The molecule has 0 bridgehead atoms. The monoisotopic (exact) mass is 291 g/mol. The van der Waals surface area contributed by atoms with Crippen LogP contribution in [0.5, 0.6) is 5.75 Å². The zero-order valence-electron chi connectivity index (χ0n) is 12.5. The number of nitrogens with zero attached hydrogens (tertiary/aromatic N) is 1. The van der Waals surface area contributed by atoms with Gasteiger partial charge < -0.3 is 19.1 Å². The Kier molecular flexibility index (Phi) is 4.12. The molecule has 1 aromatic rings. The second-order valence-corrected chi connectivity index (χ2v) is 5.51. The predicted molar refractivity (Wildman–Crippen MR) is 77.6 cm³/mol. The van der Waals surface area contributed by atoms with Gasteiger partial charge in [-0.1, -0.05) is 6.07 Å². The van der Waals surface area contributed by atoms with Crippen molar-refractivity contribution in [1.82, 2.24) is 4.90 Å². The molecule has 1 amide bonds. The summed E-state index contributed by atoms with van der Waals surface area (Å²) in [6.45, 7) is 1.34. The van der Waals surface area contributed by atoms with Crippen LogP contribution in [0.2, 0.25) is 0 Å². The highest BCUT2D eigenvalue weighted by atomic mass is 16.5. The number of fused-ring (bicyclic) bond motifs is 1. The van der Waals surface area contributed by atoms with E-state index in [9.17, 15) is 4.79 Å². The molecule has 0 saturated carbocycles. The summed E-state index contributed by atoms with van der Waals surface area (Å²) in [6.07, 6.45) is 1.92. The normalized spacial score (nSPS) is 28.3. The van der Waals surface area contributed by atoms with Gasteiger partial charge in [-0.2, -0.15) is 0 Å². The van der Waals surface area contributed by atoms with Crippen LogP contribution in [0.3, 0.4) is 0 Å². The van der Waals surface area contributed by atoms with E-state index in [1.54, 1.807) is 20.3 Å². The Morgan fingerprint density at radius 1 is 1.38 bits per heavy atom. The van der Waals surface area contributed by atoms with E-state index < -0.39 is 0 Å². The molecule has 5 heteroatoms. The number of amides is 1. The molecule has 0 aliphatic carbocycles. The van der Waals surface area contributed by atoms with Crippen LogP contribution in [0.1, 0.15) is 23.2 Å². The maximum absolute atomic E-state index is 12.8. The van der Waals surface area contributed by atoms with Crippen molar-refractivity contribution >= 4 is 5.91 Å². The van der Waals surface area contributed by atoms with Gasteiger partial charge in [0.15, 0.2) is 0 Å². The largest absolute Gasteiger partial charge is 0.497 e. The highest BCUT2D eigenvalue weighted by molar-refractivity contribution is 5.95. The number of carbonyl (C=O) groups is 1. The van der Waals surface area contributed by atoms with Crippen molar-refractivity contribution in [2.24, 2.45) is 0 Å². The molecule has 114 valence electrons. The first-order valence-corrected chi connectivity index (χ1v) is 7.34. The fourth-order valence-electron chi connectivity index (χ4n) is 3.27. The lowest BCUT2D eigenvalue weighted by atomic mass is 10.0. The average molecular weight is 291 g/mol. The van der Waals surface area contributed by atoms with E-state index in [1.807, 2.05) is 23.1 Å². The molecule has 21 heavy (non-hydrogen) atoms. The number of rotatable bonds is 3. The lowest BCUT2D eigenvalue weighted by Crippen LogP contribution is -2.43. The van der Waals surface area contributed by atoms with Crippen LogP contribution < -0.4 is 4.74 Å². The molecule has 1 aromatic carbocycles. The van der Waals surface area contributed by atoms with Gasteiger partial charge in [-0.05, 0) is 31.0 Å². The minimum absolute atomic E-state index is 0.00157. The molecule has 0 aromatic heterocycles. The summed E-state index contributed by atoms with van der Waals surface area (Å²) in [4.78, 5) is 14.7. The van der Waals surface area contributed by atoms with Crippen molar-refractivity contribution in [2.75, 3.05) is 27.4 Å². The summed E-state index contributed by atoms with van der Waals surface area (Å²) in [7, 11) is 3.28. The van der Waals surface area contributed by atoms with Crippen LogP contribution in [-0.4, -0.2) is 56.4 Å². The minimum atomic E-state index is -0.0372. The molecule has 2 heterocycles. The molecular weight excluding hydrogens is 270 g/mol. The number of ether oxygens (including phenoxy) is 3. The van der Waals surface area contributed by atoms with Gasteiger partial charge in [-0.3, -0.25) is 4.79 Å². The second kappa shape index (κ2) is 6.03. The van der Waals surface area contributed by atoms with E-state index in [0.29, 0.717) is 17.9 Å². The van der Waals surface area contributed by atoms with E-state index in [2.05, 4.69) is 0 Å². The van der Waals surface area contributed by atoms with Crippen LogP contribution in [0.4, 0.5) is 0 Å². The molecule has 3 rings (SSSR count). The first-order chi connectivity index (χ1) is 10.2. The van der Waals surface area contributed by atoms with Crippen molar-refractivity contribution in [3.8, 4) is 5.75 Å². The van der Waals surface area contributed by atoms with Gasteiger partial charge in [0.2, 0.25) is 0 Å². The Morgan fingerprint density at radius 3 is 3.00 bits per heavy atom. The maximum Gasteiger partial charge on any atom is 0.254 e. The smallest absolute Gasteiger partial charge is 0.254 e. The number of likely N-dealkylation sites (tertiary alicyclic amines) is 1. The quantitative estimate of drug-likeness (QED) is 0.850. The second-order valence-electron chi connectivity index (χ2n) is 5.51. The molecule has 2 fully saturated rings. The Balaban J connectivity index is 1.83. The molecule has 3 atom stereocenters. The fraction of sp³-hybridized carbons (Fsp3) is 0.562. The van der Waals surface area contributed by atoms with Crippen molar-refractivity contribution in [2.45, 2.75) is 31.1 Å². The van der Waals surface area contributed by atoms with E-state index in [4.69, 9.17) is 14.2 Å². The molecule has 5 nitrogen and oxygen atoms in total. The zero-order valence-corrected chi connectivity index (χ0v) is 12.5. The first kappa shape index (κ1) is 14.4. The Bertz CT molecular complexity index is 519. The number of hydrogen-bond acceptors (Lipinski definition) is 4. The van der Waals surface area contributed by atoms with Crippen molar-refractivity contribution < 1.29 is 19.0 Å². The number of methoxy groups -OCH3 is 2. The highest BCUT2D eigenvalue weighted by Gasteiger charge is 2.46. The molecule has 0 spiro atoms. The first-order valence-electron chi connectivity index (χ1n) is 7.34. The lowest BCUT2D eigenvalue weighted by Gasteiger charge is -2.32. The topological polar surface area (TPSA) is 48.0 Å². The average Bonchev–Trinajstić information content (AvgIpc) is 2.93. The third-order valence-electron chi connectivity index (χ3n) is 4.36. The van der Waals surface area contributed by atoms with Gasteiger partial charge in [-0.15, -0.1) is 0 Å². The summed E-state index contributed by atoms with van der Waals surface area (Å²) in [5.41, 5.74) is 0.649. The van der Waals surface area contributed by atoms with Gasteiger partial charge in [0, 0.05) is 19.3 Å². The number of benzene rings is 1. The summed E-state index contributed by atoms with van der Waals surface area (Å²) in [5, 5.41) is 0. The minimum Gasteiger partial charge on any atom is -0.497 e. The Labute approximate surface area is 124 Å². The molecule has 0 N–H and O–H groups in total. The van der Waals surface area contributed by atoms with E-state index >= 15 is 0 Å². The predicted octanol–water partition coefficient (Wildman–Crippen LogP) is 1.71. The summed E-state index contributed by atoms with van der Waals surface area (Å²) >= 11 is 0. The Hall–Kier alpha value is -1.59. The SMILES string of the molecule is COc1cccc(C(=O)N2C[C@@H](OC)[C@@H]3OCCC[C@@H]32)c1. The summed E-state index contributed by atoms with van der Waals surface area (Å²) < 4.78 is 16.5. The van der Waals surface area contributed by atoms with E-state index in [1.165, 1.54) is 0 Å². The zero-order chi connectivity index (χ0) is 14.8. The standard InChI is InChI=1S/C16H21NO4/c1-19-12-6-3-5-11(9-12)16(18)17-10-14(20-2)15-13(17)7-4-8-21-15/h3,5-6,9,13-15H,4,7-8,10H2,1-2H3/t13-,14+,15+/m0/s1. The summed E-state index contributed by atoms with van der Waals surface area (Å²) in [5.74, 6) is 0.716. The summed E-state index contributed by atoms with van der Waals surface area (Å²) in [6, 6.07) is 7.39. The van der Waals surface area contributed by atoms with Crippen LogP contribution in [0.15, 0.2) is 24.3 Å². The van der Waals surface area contributed by atoms with Gasteiger partial charge >= 0.3 is 0 Å². The fourth-order valence-corrected chi connectivity index (χ4v) is 3.27. The van der Waals surface area contributed by atoms with E-state index in [0.717, 1.165) is 19.4 Å². The Morgan fingerprint density at radius 2 is 2.24 bits per heavy atom. The highest BCUT2D eigenvalue weighted by Crippen LogP contribution is 2.31.